The van der Waals surface area contributed by atoms with Crippen LogP contribution in [0.25, 0.3) is 0 Å². The molecule has 0 aromatic heterocycles. The first-order valence-electron chi connectivity index (χ1n) is 8.63. The van der Waals surface area contributed by atoms with E-state index in [-0.39, 0.29) is 28.5 Å². The number of benzene rings is 1. The summed E-state index contributed by atoms with van der Waals surface area (Å²) < 4.78 is 0.905. The third kappa shape index (κ3) is 3.50. The number of nitrogens with two attached hydrogens (primary N) is 1. The first-order chi connectivity index (χ1) is 12.6. The second-order valence-corrected chi connectivity index (χ2v) is 8.62. The van der Waals surface area contributed by atoms with E-state index in [0.29, 0.717) is 24.1 Å². The lowest BCUT2D eigenvalue weighted by atomic mass is 9.69. The van der Waals surface area contributed by atoms with E-state index >= 15 is 0 Å². The van der Waals surface area contributed by atoms with Gasteiger partial charge in [0, 0.05) is 23.4 Å². The van der Waals surface area contributed by atoms with Crippen molar-refractivity contribution >= 4 is 27.6 Å². The number of nitrogens with zero attached hydrogens (tertiary/aromatic N) is 2. The van der Waals surface area contributed by atoms with Crippen molar-refractivity contribution in [2.24, 2.45) is 11.1 Å². The van der Waals surface area contributed by atoms with Gasteiger partial charge in [-0.05, 0) is 29.5 Å². The highest BCUT2D eigenvalue weighted by atomic mass is 79.9. The number of allylic oxidation sites excluding steroid dienone is 3. The molecule has 1 unspecified atom stereocenters. The van der Waals surface area contributed by atoms with Crippen LogP contribution < -0.4 is 11.2 Å². The molecule has 7 heteroatoms. The van der Waals surface area contributed by atoms with Gasteiger partial charge in [-0.15, -0.1) is 0 Å². The van der Waals surface area contributed by atoms with Gasteiger partial charge in [-0.25, -0.2) is 5.01 Å². The molecule has 6 nitrogen and oxygen atoms in total. The molecule has 0 bridgehead atoms. The Hall–Kier alpha value is -2.59. The molecule has 1 heterocycles. The number of rotatable bonds is 2. The number of hydrogen-bond acceptors (Lipinski definition) is 5. The Morgan fingerprint density at radius 1 is 1.33 bits per heavy atom. The molecule has 27 heavy (non-hydrogen) atoms. The minimum Gasteiger partial charge on any atom is -0.383 e. The van der Waals surface area contributed by atoms with E-state index in [1.54, 1.807) is 0 Å². The highest BCUT2D eigenvalue weighted by Gasteiger charge is 2.44. The second kappa shape index (κ2) is 6.86. The van der Waals surface area contributed by atoms with E-state index in [2.05, 4.69) is 27.4 Å². The zero-order valence-electron chi connectivity index (χ0n) is 15.5. The molecule has 0 saturated carbocycles. The predicted octanol–water partition coefficient (Wildman–Crippen LogP) is 3.24. The molecule has 1 amide bonds. The Labute approximate surface area is 166 Å². The number of carbonyl (C=O) groups excluding carboxylic acids is 2. The molecule has 1 atom stereocenters. The number of ketones is 1. The van der Waals surface area contributed by atoms with Gasteiger partial charge >= 0.3 is 0 Å². The van der Waals surface area contributed by atoms with Gasteiger partial charge < -0.3 is 5.73 Å². The second-order valence-electron chi connectivity index (χ2n) is 7.70. The first kappa shape index (κ1) is 19.2. The molecule has 3 rings (SSSR count). The summed E-state index contributed by atoms with van der Waals surface area (Å²) in [4.78, 5) is 24.8. The molecule has 2 aliphatic rings. The monoisotopic (exact) mass is 428 g/mol. The number of nitriles is 1. The number of hydrogen-bond donors (Lipinski definition) is 2. The van der Waals surface area contributed by atoms with Crippen molar-refractivity contribution in [2.75, 3.05) is 0 Å². The van der Waals surface area contributed by atoms with Crippen LogP contribution in [-0.4, -0.2) is 16.7 Å². The van der Waals surface area contributed by atoms with E-state index in [1.807, 2.05) is 38.1 Å². The van der Waals surface area contributed by atoms with Gasteiger partial charge in [-0.3, -0.25) is 15.0 Å². The molecule has 0 spiro atoms. The van der Waals surface area contributed by atoms with Crippen molar-refractivity contribution in [3.8, 4) is 6.07 Å². The summed E-state index contributed by atoms with van der Waals surface area (Å²) in [6.07, 6.45) is 0.951. The van der Waals surface area contributed by atoms with Gasteiger partial charge in [0.15, 0.2) is 5.78 Å². The Bertz CT molecular complexity index is 922. The average molecular weight is 429 g/mol. The Morgan fingerprint density at radius 2 is 1.96 bits per heavy atom. The molecule has 140 valence electrons. The fourth-order valence-corrected chi connectivity index (χ4v) is 4.05. The highest BCUT2D eigenvalue weighted by Crippen LogP contribution is 2.48. The van der Waals surface area contributed by atoms with Crippen LogP contribution in [0.3, 0.4) is 0 Å². The fourth-order valence-electron chi connectivity index (χ4n) is 3.78. The van der Waals surface area contributed by atoms with E-state index in [0.717, 1.165) is 10.0 Å². The van der Waals surface area contributed by atoms with Crippen LogP contribution >= 0.6 is 15.9 Å². The van der Waals surface area contributed by atoms with Crippen LogP contribution in [0.2, 0.25) is 0 Å². The summed E-state index contributed by atoms with van der Waals surface area (Å²) in [7, 11) is 0. The van der Waals surface area contributed by atoms with Crippen molar-refractivity contribution in [3.63, 3.8) is 0 Å². The van der Waals surface area contributed by atoms with E-state index < -0.39 is 5.92 Å². The Balaban J connectivity index is 2.25. The molecular formula is C20H21BrN4O2. The van der Waals surface area contributed by atoms with Crippen molar-refractivity contribution in [1.82, 2.24) is 10.4 Å². The summed E-state index contributed by atoms with van der Waals surface area (Å²) in [6, 6.07) is 9.66. The smallest absolute Gasteiger partial charge is 0.235 e. The van der Waals surface area contributed by atoms with Crippen molar-refractivity contribution in [2.45, 2.75) is 39.5 Å². The van der Waals surface area contributed by atoms with E-state index in [9.17, 15) is 14.9 Å². The molecule has 1 aliphatic carbocycles. The largest absolute Gasteiger partial charge is 0.383 e. The lowest BCUT2D eigenvalue weighted by Gasteiger charge is -2.43. The van der Waals surface area contributed by atoms with Crippen LogP contribution in [0, 0.1) is 16.7 Å². The maximum atomic E-state index is 13.1. The van der Waals surface area contributed by atoms with Crippen LogP contribution in [0.15, 0.2) is 51.4 Å². The highest BCUT2D eigenvalue weighted by molar-refractivity contribution is 9.10. The zero-order valence-corrected chi connectivity index (χ0v) is 17.1. The molecule has 0 saturated heterocycles. The quantitative estimate of drug-likeness (QED) is 0.752. The number of nitrogens with one attached hydrogen (secondary N) is 1. The van der Waals surface area contributed by atoms with Crippen molar-refractivity contribution in [3.05, 3.63) is 57.0 Å². The van der Waals surface area contributed by atoms with E-state index in [4.69, 9.17) is 5.73 Å². The number of carbonyl (C=O) groups is 2. The summed E-state index contributed by atoms with van der Waals surface area (Å²) in [6.45, 7) is 5.39. The molecule has 1 aliphatic heterocycles. The van der Waals surface area contributed by atoms with Crippen molar-refractivity contribution < 1.29 is 9.59 Å². The number of Topliss-reactive ketones (excluding diaryl/α,β-unsaturated/α-hetero) is 1. The predicted molar refractivity (Wildman–Crippen MR) is 104 cm³/mol. The maximum absolute atomic E-state index is 13.1. The van der Waals surface area contributed by atoms with Crippen LogP contribution in [-0.2, 0) is 9.59 Å². The van der Waals surface area contributed by atoms with Gasteiger partial charge in [0.05, 0.1) is 23.3 Å². The Kier molecular flexibility index (Phi) is 4.87. The zero-order chi connectivity index (χ0) is 19.9. The number of hydrazine groups is 1. The van der Waals surface area contributed by atoms with Gasteiger partial charge in [0.2, 0.25) is 5.91 Å². The van der Waals surface area contributed by atoms with Crippen LogP contribution in [0.5, 0.6) is 0 Å². The maximum Gasteiger partial charge on any atom is 0.235 e. The third-order valence-corrected chi connectivity index (χ3v) is 5.38. The topological polar surface area (TPSA) is 99.2 Å². The minimum atomic E-state index is -0.535. The molecule has 0 radical (unpaired) electrons. The summed E-state index contributed by atoms with van der Waals surface area (Å²) in [5.41, 5.74) is 11.0. The van der Waals surface area contributed by atoms with Gasteiger partial charge in [-0.1, -0.05) is 41.9 Å². The summed E-state index contributed by atoms with van der Waals surface area (Å²) in [5.74, 6) is -0.721. The van der Waals surface area contributed by atoms with Gasteiger partial charge in [0.1, 0.15) is 5.82 Å². The van der Waals surface area contributed by atoms with Crippen molar-refractivity contribution in [1.29, 1.82) is 5.26 Å². The van der Waals surface area contributed by atoms with Gasteiger partial charge in [0.25, 0.3) is 0 Å². The number of amides is 1. The normalized spacial score (nSPS) is 21.7. The number of halogens is 1. The molecule has 1 aromatic rings. The SMILES string of the molecule is CC(=O)NN1C(N)=C(C#N)C(c2ccc(Br)cc2)C2=C1CC(C)(C)CC2=O. The lowest BCUT2D eigenvalue weighted by Crippen LogP contribution is -2.49. The van der Waals surface area contributed by atoms with Crippen LogP contribution in [0.4, 0.5) is 0 Å². The van der Waals surface area contributed by atoms with E-state index in [1.165, 1.54) is 11.9 Å². The molecular weight excluding hydrogens is 408 g/mol. The van der Waals surface area contributed by atoms with Gasteiger partial charge in [-0.2, -0.15) is 5.26 Å². The average Bonchev–Trinajstić information content (AvgIpc) is 2.57. The fraction of sp³-hybridized carbons (Fsp3) is 0.350. The lowest BCUT2D eigenvalue weighted by molar-refractivity contribution is -0.123. The third-order valence-electron chi connectivity index (χ3n) is 4.85. The standard InChI is InChI=1S/C20H21BrN4O2/c1-11(26)24-25-15-8-20(2,3)9-16(27)18(15)17(14(10-22)19(25)23)12-4-6-13(21)7-5-12/h4-7,17H,8-9,23H2,1-3H3,(H,24,26). The molecule has 0 fully saturated rings. The summed E-state index contributed by atoms with van der Waals surface area (Å²) in [5, 5.41) is 11.2. The molecule has 1 aromatic carbocycles. The Morgan fingerprint density at radius 3 is 2.52 bits per heavy atom. The summed E-state index contributed by atoms with van der Waals surface area (Å²) >= 11 is 3.41. The minimum absolute atomic E-state index is 0.0234. The van der Waals surface area contributed by atoms with Crippen LogP contribution in [0.1, 0.15) is 45.1 Å². The first-order valence-corrected chi connectivity index (χ1v) is 9.42. The molecule has 3 N–H and O–H groups in total.